The summed E-state index contributed by atoms with van der Waals surface area (Å²) in [5.41, 5.74) is 5.36. The van der Waals surface area contributed by atoms with Gasteiger partial charge in [0.25, 0.3) is 0 Å². The molecule has 0 bridgehead atoms. The van der Waals surface area contributed by atoms with E-state index in [2.05, 4.69) is 59.7 Å². The van der Waals surface area contributed by atoms with Crippen molar-refractivity contribution in [2.45, 2.75) is 99.8 Å². The number of aryl methyl sites for hydroxylation is 1. The molecule has 1 aliphatic rings. The van der Waals surface area contributed by atoms with Crippen molar-refractivity contribution in [3.8, 4) is 0 Å². The molecule has 0 nitrogen and oxygen atoms in total. The summed E-state index contributed by atoms with van der Waals surface area (Å²) in [5, 5.41) is 0. The Morgan fingerprint density at radius 1 is 0.864 bits per heavy atom. The van der Waals surface area contributed by atoms with Crippen LogP contribution < -0.4 is 0 Å². The third kappa shape index (κ3) is 5.45. The Balaban J connectivity index is 0.00000102. The third-order valence-corrected chi connectivity index (χ3v) is 4.37. The summed E-state index contributed by atoms with van der Waals surface area (Å²) in [6.45, 7) is 22.1. The summed E-state index contributed by atoms with van der Waals surface area (Å²) in [7, 11) is 0. The minimum Gasteiger partial charge on any atom is -0.0683 e. The molecular weight excluding hydrogens is 264 g/mol. The molecule has 1 aliphatic carbocycles. The van der Waals surface area contributed by atoms with E-state index < -0.39 is 0 Å². The molecule has 0 heterocycles. The Morgan fingerprint density at radius 3 is 1.86 bits per heavy atom. The zero-order chi connectivity index (χ0) is 17.6. The van der Waals surface area contributed by atoms with Gasteiger partial charge in [0.1, 0.15) is 0 Å². The van der Waals surface area contributed by atoms with Crippen LogP contribution in [0, 0.1) is 5.41 Å². The molecule has 2 rings (SSSR count). The molecule has 0 radical (unpaired) electrons. The lowest BCUT2D eigenvalue weighted by Crippen LogP contribution is -2.23. The quantitative estimate of drug-likeness (QED) is 0.465. The Labute approximate surface area is 140 Å². The molecule has 0 aliphatic heterocycles. The second-order valence-corrected chi connectivity index (χ2v) is 7.97. The maximum atomic E-state index is 2.47. The molecule has 0 heteroatoms. The number of rotatable bonds is 0. The topological polar surface area (TPSA) is 0 Å². The van der Waals surface area contributed by atoms with Gasteiger partial charge < -0.3 is 0 Å². The molecule has 0 spiro atoms. The van der Waals surface area contributed by atoms with Crippen LogP contribution in [0.15, 0.2) is 18.2 Å². The summed E-state index contributed by atoms with van der Waals surface area (Å²) in [6.07, 6.45) is 3.97. The average molecular weight is 305 g/mol. The molecule has 0 aromatic heterocycles. The summed E-state index contributed by atoms with van der Waals surface area (Å²) in [6, 6.07) is 7.22. The van der Waals surface area contributed by atoms with E-state index in [4.69, 9.17) is 0 Å². The fourth-order valence-corrected chi connectivity index (χ4v) is 3.18. The van der Waals surface area contributed by atoms with Crippen molar-refractivity contribution < 1.29 is 0 Å². The van der Waals surface area contributed by atoms with E-state index in [9.17, 15) is 0 Å². The summed E-state index contributed by atoms with van der Waals surface area (Å²) >= 11 is 0. The van der Waals surface area contributed by atoms with Gasteiger partial charge in [-0.2, -0.15) is 0 Å². The lowest BCUT2D eigenvalue weighted by atomic mass is 9.68. The first-order chi connectivity index (χ1) is 10.2. The summed E-state index contributed by atoms with van der Waals surface area (Å²) in [4.78, 5) is 0. The van der Waals surface area contributed by atoms with Crippen molar-refractivity contribution in [2.75, 3.05) is 0 Å². The predicted molar refractivity (Wildman–Crippen MR) is 103 cm³/mol. The minimum atomic E-state index is 0.268. The fourth-order valence-electron chi connectivity index (χ4n) is 3.18. The van der Waals surface area contributed by atoms with E-state index in [0.29, 0.717) is 5.41 Å². The molecule has 1 aromatic rings. The van der Waals surface area contributed by atoms with Crippen LogP contribution in [-0.2, 0) is 11.8 Å². The largest absolute Gasteiger partial charge is 0.0683 e. The van der Waals surface area contributed by atoms with Crippen molar-refractivity contribution in [3.63, 3.8) is 0 Å². The lowest BCUT2D eigenvalue weighted by molar-refractivity contribution is 0.289. The van der Waals surface area contributed by atoms with Crippen LogP contribution in [0.4, 0.5) is 0 Å². The summed E-state index contributed by atoms with van der Waals surface area (Å²) in [5.74, 6) is 0.732. The van der Waals surface area contributed by atoms with E-state index >= 15 is 0 Å². The molecule has 1 atom stereocenters. The van der Waals surface area contributed by atoms with Crippen LogP contribution in [0.3, 0.4) is 0 Å². The van der Waals surface area contributed by atoms with E-state index in [-0.39, 0.29) is 5.41 Å². The first-order valence-electron chi connectivity index (χ1n) is 9.33. The Bertz CT molecular complexity index is 426. The Morgan fingerprint density at radius 2 is 1.41 bits per heavy atom. The van der Waals surface area contributed by atoms with Gasteiger partial charge >= 0.3 is 0 Å². The maximum absolute atomic E-state index is 2.47. The Kier molecular flexibility index (Phi) is 8.44. The number of benzene rings is 1. The zero-order valence-corrected chi connectivity index (χ0v) is 16.9. The maximum Gasteiger partial charge on any atom is -0.0110 e. The van der Waals surface area contributed by atoms with Crippen LogP contribution in [0.1, 0.15) is 105 Å². The van der Waals surface area contributed by atoms with Gasteiger partial charge in [0.05, 0.1) is 0 Å². The fraction of sp³-hybridized carbons (Fsp3) is 0.727. The van der Waals surface area contributed by atoms with E-state index in [1.165, 1.54) is 24.8 Å². The van der Waals surface area contributed by atoms with Gasteiger partial charge in [0, 0.05) is 0 Å². The van der Waals surface area contributed by atoms with Gasteiger partial charge in [-0.3, -0.25) is 0 Å². The standard InChI is InChI=1S/C18H28.2C2H6/c1-17(2,3)14-10-11-15-13(12-14)8-7-9-16(15)18(4,5)6;2*1-2/h10-12,16H,7-9H2,1-6H3;2*1-2H3. The lowest BCUT2D eigenvalue weighted by Gasteiger charge is -2.36. The SMILES string of the molecule is CC.CC.CC(C)(C)c1ccc2c(c1)CCCC2C(C)(C)C. The second kappa shape index (κ2) is 8.75. The third-order valence-electron chi connectivity index (χ3n) is 4.37. The highest BCUT2D eigenvalue weighted by atomic mass is 14.4. The van der Waals surface area contributed by atoms with Gasteiger partial charge in [-0.1, -0.05) is 87.4 Å². The highest BCUT2D eigenvalue weighted by Gasteiger charge is 2.30. The molecule has 22 heavy (non-hydrogen) atoms. The zero-order valence-electron chi connectivity index (χ0n) is 16.9. The van der Waals surface area contributed by atoms with Crippen molar-refractivity contribution >= 4 is 0 Å². The minimum absolute atomic E-state index is 0.268. The highest BCUT2D eigenvalue weighted by Crippen LogP contribution is 2.44. The van der Waals surface area contributed by atoms with Crippen molar-refractivity contribution in [1.82, 2.24) is 0 Å². The summed E-state index contributed by atoms with van der Waals surface area (Å²) < 4.78 is 0. The molecule has 128 valence electrons. The normalized spacial score (nSPS) is 17.5. The van der Waals surface area contributed by atoms with Crippen molar-refractivity contribution in [3.05, 3.63) is 34.9 Å². The van der Waals surface area contributed by atoms with Crippen LogP contribution >= 0.6 is 0 Å². The van der Waals surface area contributed by atoms with Crippen LogP contribution in [0.5, 0.6) is 0 Å². The molecule has 0 fully saturated rings. The molecule has 1 unspecified atom stereocenters. The molecule has 1 aromatic carbocycles. The van der Waals surface area contributed by atoms with E-state index in [1.807, 2.05) is 27.7 Å². The Hall–Kier alpha value is -0.780. The average Bonchev–Trinajstić information content (AvgIpc) is 2.48. The molecule has 0 saturated heterocycles. The molecule has 0 saturated carbocycles. The van der Waals surface area contributed by atoms with E-state index in [1.54, 1.807) is 11.1 Å². The monoisotopic (exact) mass is 304 g/mol. The van der Waals surface area contributed by atoms with Crippen LogP contribution in [0.25, 0.3) is 0 Å². The smallest absolute Gasteiger partial charge is 0.0110 e. The second-order valence-electron chi connectivity index (χ2n) is 7.97. The van der Waals surface area contributed by atoms with Crippen molar-refractivity contribution in [2.24, 2.45) is 5.41 Å². The van der Waals surface area contributed by atoms with Crippen molar-refractivity contribution in [1.29, 1.82) is 0 Å². The van der Waals surface area contributed by atoms with Gasteiger partial charge in [0.2, 0.25) is 0 Å². The van der Waals surface area contributed by atoms with Gasteiger partial charge in [-0.15, -0.1) is 0 Å². The van der Waals surface area contributed by atoms with Crippen LogP contribution in [0.2, 0.25) is 0 Å². The van der Waals surface area contributed by atoms with Gasteiger partial charge in [-0.05, 0) is 52.7 Å². The molecule has 0 N–H and O–H groups in total. The first-order valence-corrected chi connectivity index (χ1v) is 9.33. The first kappa shape index (κ1) is 21.2. The van der Waals surface area contributed by atoms with E-state index in [0.717, 1.165) is 5.92 Å². The molecular formula is C22H40. The van der Waals surface area contributed by atoms with Crippen LogP contribution in [-0.4, -0.2) is 0 Å². The number of hydrogen-bond donors (Lipinski definition) is 0. The number of fused-ring (bicyclic) bond motifs is 1. The van der Waals surface area contributed by atoms with Gasteiger partial charge in [0.15, 0.2) is 0 Å². The molecule has 0 amide bonds. The highest BCUT2D eigenvalue weighted by molar-refractivity contribution is 5.39. The predicted octanol–water partition coefficient (Wildman–Crippen LogP) is 7.50. The number of hydrogen-bond acceptors (Lipinski definition) is 0. The van der Waals surface area contributed by atoms with Gasteiger partial charge in [-0.25, -0.2) is 0 Å².